The molecule has 106 valence electrons. The quantitative estimate of drug-likeness (QED) is 0.827. The fraction of sp³-hybridized carbons (Fsp3) is 0.294. The minimum absolute atomic E-state index is 0.123. The summed E-state index contributed by atoms with van der Waals surface area (Å²) < 4.78 is 14.9. The Hall–Kier alpha value is -1.19. The van der Waals surface area contributed by atoms with Gasteiger partial charge in [-0.25, -0.2) is 4.39 Å². The maximum atomic E-state index is 13.8. The van der Waals surface area contributed by atoms with E-state index in [1.165, 1.54) is 11.6 Å². The fourth-order valence-electron chi connectivity index (χ4n) is 2.36. The molecule has 1 unspecified atom stereocenters. The zero-order chi connectivity index (χ0) is 14.4. The van der Waals surface area contributed by atoms with E-state index in [-0.39, 0.29) is 11.9 Å². The maximum absolute atomic E-state index is 13.8. The van der Waals surface area contributed by atoms with E-state index in [2.05, 4.69) is 34.2 Å². The van der Waals surface area contributed by atoms with E-state index in [0.717, 1.165) is 23.0 Å². The van der Waals surface area contributed by atoms with Crippen LogP contribution in [0.15, 0.2) is 53.0 Å². The van der Waals surface area contributed by atoms with Crippen LogP contribution < -0.4 is 5.32 Å². The van der Waals surface area contributed by atoms with E-state index in [0.29, 0.717) is 6.42 Å². The van der Waals surface area contributed by atoms with Gasteiger partial charge in [-0.05, 0) is 42.6 Å². The molecule has 20 heavy (non-hydrogen) atoms. The van der Waals surface area contributed by atoms with Crippen LogP contribution in [0.25, 0.3) is 0 Å². The van der Waals surface area contributed by atoms with Gasteiger partial charge in [0.2, 0.25) is 0 Å². The third-order valence-electron chi connectivity index (χ3n) is 3.34. The van der Waals surface area contributed by atoms with Crippen LogP contribution in [0.5, 0.6) is 0 Å². The Bertz CT molecular complexity index is 509. The Morgan fingerprint density at radius 1 is 1.00 bits per heavy atom. The Morgan fingerprint density at radius 3 is 2.25 bits per heavy atom. The van der Waals surface area contributed by atoms with Gasteiger partial charge in [0.15, 0.2) is 0 Å². The first-order valence-corrected chi connectivity index (χ1v) is 7.70. The highest BCUT2D eigenvalue weighted by Crippen LogP contribution is 2.19. The number of hydrogen-bond acceptors (Lipinski definition) is 1. The van der Waals surface area contributed by atoms with Crippen LogP contribution in [0.2, 0.25) is 0 Å². The van der Waals surface area contributed by atoms with Gasteiger partial charge in [-0.2, -0.15) is 0 Å². The molecule has 1 N–H and O–H groups in total. The van der Waals surface area contributed by atoms with Crippen molar-refractivity contribution in [1.82, 2.24) is 5.32 Å². The standard InChI is InChI=1S/C17H19BrFN/c1-2-20-15(11-13-7-3-5-9-16(13)18)12-14-8-4-6-10-17(14)19/h3-10,15,20H,2,11-12H2,1H3. The Morgan fingerprint density at radius 2 is 1.60 bits per heavy atom. The summed E-state index contributed by atoms with van der Waals surface area (Å²) in [6.07, 6.45) is 1.57. The van der Waals surface area contributed by atoms with Crippen LogP contribution >= 0.6 is 15.9 Å². The van der Waals surface area contributed by atoms with Crippen molar-refractivity contribution in [1.29, 1.82) is 0 Å². The van der Waals surface area contributed by atoms with E-state index in [1.807, 2.05) is 30.3 Å². The molecule has 0 radical (unpaired) electrons. The Labute approximate surface area is 128 Å². The summed E-state index contributed by atoms with van der Waals surface area (Å²) in [5.74, 6) is -0.123. The smallest absolute Gasteiger partial charge is 0.126 e. The molecule has 0 bridgehead atoms. The first-order valence-electron chi connectivity index (χ1n) is 6.91. The zero-order valence-corrected chi connectivity index (χ0v) is 13.2. The van der Waals surface area contributed by atoms with E-state index >= 15 is 0 Å². The number of likely N-dealkylation sites (N-methyl/N-ethyl adjacent to an activating group) is 1. The molecule has 0 aliphatic heterocycles. The summed E-state index contributed by atoms with van der Waals surface area (Å²) >= 11 is 3.57. The summed E-state index contributed by atoms with van der Waals surface area (Å²) in [6.45, 7) is 2.96. The summed E-state index contributed by atoms with van der Waals surface area (Å²) in [5.41, 5.74) is 2.01. The summed E-state index contributed by atoms with van der Waals surface area (Å²) in [5, 5.41) is 3.45. The largest absolute Gasteiger partial charge is 0.314 e. The number of halogens is 2. The van der Waals surface area contributed by atoms with Crippen molar-refractivity contribution in [2.24, 2.45) is 0 Å². The van der Waals surface area contributed by atoms with Crippen LogP contribution in [-0.4, -0.2) is 12.6 Å². The molecule has 1 nitrogen and oxygen atoms in total. The van der Waals surface area contributed by atoms with Crippen molar-refractivity contribution in [3.63, 3.8) is 0 Å². The zero-order valence-electron chi connectivity index (χ0n) is 11.6. The lowest BCUT2D eigenvalue weighted by molar-refractivity contribution is 0.505. The van der Waals surface area contributed by atoms with E-state index in [1.54, 1.807) is 6.07 Å². The average Bonchev–Trinajstić information content (AvgIpc) is 2.44. The van der Waals surface area contributed by atoms with Gasteiger partial charge in [0.05, 0.1) is 0 Å². The number of hydrogen-bond donors (Lipinski definition) is 1. The van der Waals surface area contributed by atoms with Crippen molar-refractivity contribution in [3.8, 4) is 0 Å². The van der Waals surface area contributed by atoms with Gasteiger partial charge in [-0.3, -0.25) is 0 Å². The topological polar surface area (TPSA) is 12.0 Å². The van der Waals surface area contributed by atoms with Gasteiger partial charge in [0, 0.05) is 10.5 Å². The monoisotopic (exact) mass is 335 g/mol. The molecule has 0 aromatic heterocycles. The highest BCUT2D eigenvalue weighted by Gasteiger charge is 2.13. The highest BCUT2D eigenvalue weighted by atomic mass is 79.9. The van der Waals surface area contributed by atoms with Gasteiger partial charge in [0.25, 0.3) is 0 Å². The molecule has 0 aliphatic rings. The third-order valence-corrected chi connectivity index (χ3v) is 4.11. The minimum atomic E-state index is -0.123. The summed E-state index contributed by atoms with van der Waals surface area (Å²) in [4.78, 5) is 0. The van der Waals surface area contributed by atoms with Crippen LogP contribution in [-0.2, 0) is 12.8 Å². The normalized spacial score (nSPS) is 12.3. The molecule has 3 heteroatoms. The predicted molar refractivity (Wildman–Crippen MR) is 85.4 cm³/mol. The molecular formula is C17H19BrFN. The SMILES string of the molecule is CCNC(Cc1ccccc1F)Cc1ccccc1Br. The number of nitrogens with one attached hydrogen (secondary N) is 1. The van der Waals surface area contributed by atoms with Crippen LogP contribution in [0.3, 0.4) is 0 Å². The molecule has 0 fully saturated rings. The second-order valence-electron chi connectivity index (χ2n) is 4.85. The van der Waals surface area contributed by atoms with Gasteiger partial charge < -0.3 is 5.32 Å². The van der Waals surface area contributed by atoms with Gasteiger partial charge in [0.1, 0.15) is 5.82 Å². The van der Waals surface area contributed by atoms with Crippen molar-refractivity contribution in [2.45, 2.75) is 25.8 Å². The van der Waals surface area contributed by atoms with Gasteiger partial charge in [-0.1, -0.05) is 59.3 Å². The highest BCUT2D eigenvalue weighted by molar-refractivity contribution is 9.10. The molecule has 2 aromatic rings. The molecule has 0 amide bonds. The molecular weight excluding hydrogens is 317 g/mol. The van der Waals surface area contributed by atoms with Crippen molar-refractivity contribution in [2.75, 3.05) is 6.54 Å². The first kappa shape index (κ1) is 15.2. The second-order valence-corrected chi connectivity index (χ2v) is 5.70. The maximum Gasteiger partial charge on any atom is 0.126 e. The molecule has 0 saturated carbocycles. The van der Waals surface area contributed by atoms with Gasteiger partial charge in [-0.15, -0.1) is 0 Å². The Balaban J connectivity index is 2.12. The van der Waals surface area contributed by atoms with Crippen LogP contribution in [0, 0.1) is 5.82 Å². The van der Waals surface area contributed by atoms with E-state index < -0.39 is 0 Å². The van der Waals surface area contributed by atoms with Gasteiger partial charge >= 0.3 is 0 Å². The lowest BCUT2D eigenvalue weighted by atomic mass is 9.98. The summed E-state index contributed by atoms with van der Waals surface area (Å²) in [6, 6.07) is 15.4. The van der Waals surface area contributed by atoms with E-state index in [9.17, 15) is 4.39 Å². The number of benzene rings is 2. The molecule has 2 rings (SSSR count). The van der Waals surface area contributed by atoms with Crippen LogP contribution in [0.1, 0.15) is 18.1 Å². The number of rotatable bonds is 6. The molecule has 0 saturated heterocycles. The summed E-state index contributed by atoms with van der Waals surface area (Å²) in [7, 11) is 0. The predicted octanol–water partition coefficient (Wildman–Crippen LogP) is 4.35. The van der Waals surface area contributed by atoms with Crippen LogP contribution in [0.4, 0.5) is 4.39 Å². The molecule has 0 aliphatic carbocycles. The third kappa shape index (κ3) is 4.15. The molecule has 2 aromatic carbocycles. The van der Waals surface area contributed by atoms with Crippen molar-refractivity contribution < 1.29 is 4.39 Å². The average molecular weight is 336 g/mol. The van der Waals surface area contributed by atoms with E-state index in [4.69, 9.17) is 0 Å². The molecule has 1 atom stereocenters. The first-order chi connectivity index (χ1) is 9.70. The molecule has 0 spiro atoms. The lowest BCUT2D eigenvalue weighted by Crippen LogP contribution is -2.33. The van der Waals surface area contributed by atoms with Crippen molar-refractivity contribution in [3.05, 3.63) is 69.9 Å². The minimum Gasteiger partial charge on any atom is -0.314 e. The fourth-order valence-corrected chi connectivity index (χ4v) is 2.81. The molecule has 0 heterocycles. The van der Waals surface area contributed by atoms with Crippen molar-refractivity contribution >= 4 is 15.9 Å². The second kappa shape index (κ2) is 7.55. The lowest BCUT2D eigenvalue weighted by Gasteiger charge is -2.19. The Kier molecular flexibility index (Phi) is 5.74.